The quantitative estimate of drug-likeness (QED) is 0.626. The number of nitrogens with one attached hydrogen (secondary N) is 1. The topological polar surface area (TPSA) is 84.5 Å². The van der Waals surface area contributed by atoms with Crippen molar-refractivity contribution >= 4 is 27.3 Å². The smallest absolute Gasteiger partial charge is 0.285 e. The van der Waals surface area contributed by atoms with Gasteiger partial charge in [0.1, 0.15) is 0 Å². The van der Waals surface area contributed by atoms with Crippen molar-refractivity contribution in [3.63, 3.8) is 0 Å². The second kappa shape index (κ2) is 7.42. The van der Waals surface area contributed by atoms with Gasteiger partial charge in [0.05, 0.1) is 11.4 Å². The van der Waals surface area contributed by atoms with Crippen molar-refractivity contribution in [2.24, 2.45) is 10.1 Å². The number of thiophene rings is 1. The molecular formula is C15H19N3O2S2. The number of sulfonamides is 1. The normalized spacial score (nSPS) is 12.3. The summed E-state index contributed by atoms with van der Waals surface area (Å²) in [4.78, 5) is 1.20. The molecule has 0 aliphatic carbocycles. The van der Waals surface area contributed by atoms with Gasteiger partial charge in [0.25, 0.3) is 10.0 Å². The zero-order valence-electron chi connectivity index (χ0n) is 12.3. The largest absolute Gasteiger partial charge is 0.369 e. The Morgan fingerprint density at radius 1 is 1.27 bits per heavy atom. The van der Waals surface area contributed by atoms with E-state index in [1.807, 2.05) is 17.5 Å². The van der Waals surface area contributed by atoms with Gasteiger partial charge in [-0.15, -0.1) is 15.7 Å². The Labute approximate surface area is 134 Å². The molecule has 0 unspecified atom stereocenters. The van der Waals surface area contributed by atoms with E-state index in [9.17, 15) is 8.42 Å². The highest BCUT2D eigenvalue weighted by Gasteiger charge is 2.13. The standard InChI is InChI=1S/C15H19N3O2S2/c1-2-4-12-6-8-14(9-7-12)22(19,20)18-15(16)17-11-13-5-3-10-21-13/h3,5-10H,2,4,11H2,1H3,(H3,16,17,18). The molecule has 7 heteroatoms. The van der Waals surface area contributed by atoms with Crippen LogP contribution in [0.1, 0.15) is 23.8 Å². The van der Waals surface area contributed by atoms with E-state index in [4.69, 9.17) is 5.73 Å². The third kappa shape index (κ3) is 4.57. The molecule has 1 aromatic carbocycles. The summed E-state index contributed by atoms with van der Waals surface area (Å²) in [7, 11) is -3.78. The van der Waals surface area contributed by atoms with Crippen molar-refractivity contribution in [1.29, 1.82) is 0 Å². The molecule has 2 rings (SSSR count). The first kappa shape index (κ1) is 16.5. The highest BCUT2D eigenvalue weighted by atomic mass is 32.2. The molecule has 0 spiro atoms. The summed E-state index contributed by atoms with van der Waals surface area (Å²) < 4.78 is 28.0. The second-order valence-electron chi connectivity index (χ2n) is 4.78. The monoisotopic (exact) mass is 337 g/mol. The molecule has 0 saturated carbocycles. The van der Waals surface area contributed by atoms with Crippen LogP contribution in [0.3, 0.4) is 0 Å². The molecule has 0 atom stereocenters. The van der Waals surface area contributed by atoms with E-state index in [1.165, 1.54) is 0 Å². The van der Waals surface area contributed by atoms with Crippen molar-refractivity contribution in [1.82, 2.24) is 5.32 Å². The summed E-state index contributed by atoms with van der Waals surface area (Å²) >= 11 is 1.56. The molecule has 0 amide bonds. The van der Waals surface area contributed by atoms with Gasteiger partial charge < -0.3 is 11.1 Å². The van der Waals surface area contributed by atoms with Crippen LogP contribution in [0.2, 0.25) is 0 Å². The van der Waals surface area contributed by atoms with E-state index in [1.54, 1.807) is 35.6 Å². The number of hydrogen-bond acceptors (Lipinski definition) is 3. The Bertz CT molecular complexity index is 721. The lowest BCUT2D eigenvalue weighted by Crippen LogP contribution is -2.31. The van der Waals surface area contributed by atoms with Gasteiger partial charge in [0.2, 0.25) is 5.96 Å². The first-order valence-electron chi connectivity index (χ1n) is 6.97. The summed E-state index contributed by atoms with van der Waals surface area (Å²) in [6.45, 7) is 2.53. The van der Waals surface area contributed by atoms with Gasteiger partial charge in [0, 0.05) is 4.88 Å². The molecule has 0 aliphatic heterocycles. The van der Waals surface area contributed by atoms with Crippen LogP contribution in [0.25, 0.3) is 0 Å². The molecule has 0 bridgehead atoms. The maximum atomic E-state index is 12.2. The fraction of sp³-hybridized carbons (Fsp3) is 0.267. The fourth-order valence-corrected chi connectivity index (χ4v) is 3.48. The molecule has 1 aromatic heterocycles. The van der Waals surface area contributed by atoms with Crippen LogP contribution >= 0.6 is 11.3 Å². The SMILES string of the molecule is CCCc1ccc(S(=O)(=O)/N=C(/N)NCc2cccs2)cc1. The minimum absolute atomic E-state index is 0.106. The molecular weight excluding hydrogens is 318 g/mol. The van der Waals surface area contributed by atoms with E-state index < -0.39 is 10.0 Å². The minimum atomic E-state index is -3.78. The van der Waals surface area contributed by atoms with Gasteiger partial charge in [-0.25, -0.2) is 0 Å². The number of nitrogens with zero attached hydrogens (tertiary/aromatic N) is 1. The Hall–Kier alpha value is -1.86. The van der Waals surface area contributed by atoms with Gasteiger partial charge in [-0.2, -0.15) is 8.42 Å². The predicted octanol–water partition coefficient (Wildman–Crippen LogP) is 2.49. The average molecular weight is 337 g/mol. The third-order valence-electron chi connectivity index (χ3n) is 3.00. The zero-order valence-corrected chi connectivity index (χ0v) is 14.0. The minimum Gasteiger partial charge on any atom is -0.369 e. The number of nitrogens with two attached hydrogens (primary N) is 1. The van der Waals surface area contributed by atoms with Crippen LogP contribution in [-0.2, 0) is 23.0 Å². The lowest BCUT2D eigenvalue weighted by Gasteiger charge is -2.05. The molecule has 22 heavy (non-hydrogen) atoms. The zero-order chi connectivity index (χ0) is 16.0. The number of hydrogen-bond donors (Lipinski definition) is 2. The van der Waals surface area contributed by atoms with Gasteiger partial charge in [-0.05, 0) is 35.6 Å². The molecule has 3 N–H and O–H groups in total. The summed E-state index contributed by atoms with van der Waals surface area (Å²) in [5.41, 5.74) is 6.76. The molecule has 0 saturated heterocycles. The van der Waals surface area contributed by atoms with Crippen molar-refractivity contribution in [3.05, 3.63) is 52.2 Å². The second-order valence-corrected chi connectivity index (χ2v) is 7.41. The van der Waals surface area contributed by atoms with Crippen LogP contribution < -0.4 is 11.1 Å². The summed E-state index contributed by atoms with van der Waals surface area (Å²) in [5, 5.41) is 4.74. The van der Waals surface area contributed by atoms with Gasteiger partial charge in [0.15, 0.2) is 0 Å². The van der Waals surface area contributed by atoms with Crippen LogP contribution in [0.15, 0.2) is 51.1 Å². The maximum absolute atomic E-state index is 12.2. The van der Waals surface area contributed by atoms with E-state index in [0.717, 1.165) is 23.3 Å². The summed E-state index contributed by atoms with van der Waals surface area (Å²) in [6.07, 6.45) is 1.94. The molecule has 2 aromatic rings. The third-order valence-corrected chi connectivity index (χ3v) is 5.18. The Morgan fingerprint density at radius 3 is 2.59 bits per heavy atom. The van der Waals surface area contributed by atoms with Crippen molar-refractivity contribution in [2.45, 2.75) is 31.2 Å². The van der Waals surface area contributed by atoms with Crippen LogP contribution in [-0.4, -0.2) is 14.4 Å². The summed E-state index contributed by atoms with van der Waals surface area (Å²) in [5.74, 6) is -0.106. The molecule has 1 heterocycles. The number of rotatable bonds is 6. The first-order chi connectivity index (χ1) is 10.5. The van der Waals surface area contributed by atoms with Crippen LogP contribution in [0.5, 0.6) is 0 Å². The number of guanidine groups is 1. The molecule has 0 radical (unpaired) electrons. The molecule has 5 nitrogen and oxygen atoms in total. The molecule has 0 fully saturated rings. The summed E-state index contributed by atoms with van der Waals surface area (Å²) in [6, 6.07) is 10.6. The number of benzene rings is 1. The lowest BCUT2D eigenvalue weighted by molar-refractivity contribution is 0.597. The van der Waals surface area contributed by atoms with Crippen molar-refractivity contribution < 1.29 is 8.42 Å². The fourth-order valence-electron chi connectivity index (χ4n) is 1.92. The van der Waals surface area contributed by atoms with Gasteiger partial charge in [-0.1, -0.05) is 31.5 Å². The van der Waals surface area contributed by atoms with Crippen LogP contribution in [0.4, 0.5) is 0 Å². The highest BCUT2D eigenvalue weighted by Crippen LogP contribution is 2.14. The lowest BCUT2D eigenvalue weighted by atomic mass is 10.1. The Balaban J connectivity index is 2.06. The number of aryl methyl sites for hydroxylation is 1. The van der Waals surface area contributed by atoms with E-state index in [0.29, 0.717) is 6.54 Å². The van der Waals surface area contributed by atoms with E-state index in [-0.39, 0.29) is 10.9 Å². The van der Waals surface area contributed by atoms with Crippen molar-refractivity contribution in [2.75, 3.05) is 0 Å². The Morgan fingerprint density at radius 2 is 2.00 bits per heavy atom. The maximum Gasteiger partial charge on any atom is 0.285 e. The first-order valence-corrected chi connectivity index (χ1v) is 9.29. The van der Waals surface area contributed by atoms with E-state index in [2.05, 4.69) is 16.6 Å². The Kier molecular flexibility index (Phi) is 5.57. The predicted molar refractivity (Wildman–Crippen MR) is 90.4 cm³/mol. The van der Waals surface area contributed by atoms with Crippen LogP contribution in [0, 0.1) is 0 Å². The van der Waals surface area contributed by atoms with Crippen molar-refractivity contribution in [3.8, 4) is 0 Å². The highest BCUT2D eigenvalue weighted by molar-refractivity contribution is 7.90. The van der Waals surface area contributed by atoms with Gasteiger partial charge in [-0.3, -0.25) is 0 Å². The average Bonchev–Trinajstić information content (AvgIpc) is 2.99. The van der Waals surface area contributed by atoms with Gasteiger partial charge >= 0.3 is 0 Å². The molecule has 0 aliphatic rings. The van der Waals surface area contributed by atoms with E-state index >= 15 is 0 Å². The molecule has 118 valence electrons.